The van der Waals surface area contributed by atoms with E-state index in [0.29, 0.717) is 37.4 Å². The van der Waals surface area contributed by atoms with Crippen molar-refractivity contribution in [3.63, 3.8) is 0 Å². The van der Waals surface area contributed by atoms with Gasteiger partial charge in [-0.05, 0) is 50.8 Å². The van der Waals surface area contributed by atoms with Gasteiger partial charge >= 0.3 is 12.0 Å². The van der Waals surface area contributed by atoms with Crippen molar-refractivity contribution < 1.29 is 23.9 Å². The fourth-order valence-corrected chi connectivity index (χ4v) is 3.56. The highest BCUT2D eigenvalue weighted by Gasteiger charge is 2.30. The number of nitrogens with one attached hydrogen (secondary N) is 2. The number of likely N-dealkylation sites (N-methyl/N-ethyl adjacent to an activating group) is 1. The molecule has 0 bridgehead atoms. The molecule has 31 heavy (non-hydrogen) atoms. The summed E-state index contributed by atoms with van der Waals surface area (Å²) in [6.07, 6.45) is 3.40. The van der Waals surface area contributed by atoms with Gasteiger partial charge < -0.3 is 25.2 Å². The highest BCUT2D eigenvalue weighted by atomic mass is 16.5. The molecule has 2 fully saturated rings. The van der Waals surface area contributed by atoms with Crippen molar-refractivity contribution in [2.24, 2.45) is 5.92 Å². The fraction of sp³-hybridized carbons (Fsp3) is 0.545. The number of carbonyl (C=O) groups is 4. The Labute approximate surface area is 182 Å². The first-order valence-corrected chi connectivity index (χ1v) is 10.7. The van der Waals surface area contributed by atoms with Crippen molar-refractivity contribution in [1.82, 2.24) is 15.1 Å². The van der Waals surface area contributed by atoms with Gasteiger partial charge in [0.15, 0.2) is 0 Å². The molecular formula is C22H30N4O5. The summed E-state index contributed by atoms with van der Waals surface area (Å²) < 4.78 is 5.07. The SMILES string of the molecule is CCOC(=O)C1CCCN(C(=O)CN(C)C(=O)c2cccc(NC(=O)NC3CC3)c2)C1. The van der Waals surface area contributed by atoms with E-state index < -0.39 is 0 Å². The van der Waals surface area contributed by atoms with Crippen LogP contribution in [0.1, 0.15) is 43.0 Å². The topological polar surface area (TPSA) is 108 Å². The van der Waals surface area contributed by atoms with E-state index in [0.717, 1.165) is 19.3 Å². The zero-order valence-corrected chi connectivity index (χ0v) is 18.1. The van der Waals surface area contributed by atoms with E-state index in [9.17, 15) is 19.2 Å². The van der Waals surface area contributed by atoms with Gasteiger partial charge in [0.2, 0.25) is 5.91 Å². The number of amides is 4. The molecule has 0 radical (unpaired) electrons. The summed E-state index contributed by atoms with van der Waals surface area (Å²) >= 11 is 0. The number of carbonyl (C=O) groups excluding carboxylic acids is 4. The number of anilines is 1. The van der Waals surface area contributed by atoms with Crippen molar-refractivity contribution in [3.05, 3.63) is 29.8 Å². The van der Waals surface area contributed by atoms with E-state index in [1.54, 1.807) is 43.1 Å². The third-order valence-corrected chi connectivity index (χ3v) is 5.39. The second kappa shape index (κ2) is 10.3. The van der Waals surface area contributed by atoms with Gasteiger partial charge in [0.1, 0.15) is 0 Å². The molecule has 1 aliphatic heterocycles. The van der Waals surface area contributed by atoms with Crippen LogP contribution in [-0.2, 0) is 14.3 Å². The molecule has 1 aromatic carbocycles. The highest BCUT2D eigenvalue weighted by molar-refractivity contribution is 5.98. The standard InChI is InChI=1S/C22H30N4O5/c1-3-31-21(29)16-7-5-11-26(13-16)19(27)14-25(2)20(28)15-6-4-8-18(12-15)24-22(30)23-17-9-10-17/h4,6,8,12,16-17H,3,5,7,9-11,13-14H2,1-2H3,(H2,23,24,30). The van der Waals surface area contributed by atoms with Crippen LogP contribution >= 0.6 is 0 Å². The summed E-state index contributed by atoms with van der Waals surface area (Å²) in [5.74, 6) is -1.12. The summed E-state index contributed by atoms with van der Waals surface area (Å²) in [6, 6.07) is 6.57. The van der Waals surface area contributed by atoms with Crippen LogP contribution in [0, 0.1) is 5.92 Å². The number of ether oxygens (including phenoxy) is 1. The smallest absolute Gasteiger partial charge is 0.319 e. The molecule has 1 unspecified atom stereocenters. The molecule has 4 amide bonds. The Morgan fingerprint density at radius 2 is 1.97 bits per heavy atom. The van der Waals surface area contributed by atoms with Crippen molar-refractivity contribution in [2.75, 3.05) is 38.6 Å². The first kappa shape index (κ1) is 22.6. The van der Waals surface area contributed by atoms with Crippen LogP contribution in [0.25, 0.3) is 0 Å². The Morgan fingerprint density at radius 1 is 1.19 bits per heavy atom. The van der Waals surface area contributed by atoms with Gasteiger partial charge in [0.05, 0.1) is 19.1 Å². The quantitative estimate of drug-likeness (QED) is 0.642. The summed E-state index contributed by atoms with van der Waals surface area (Å²) in [5, 5.41) is 5.55. The molecule has 9 heteroatoms. The first-order valence-electron chi connectivity index (χ1n) is 10.7. The molecular weight excluding hydrogens is 400 g/mol. The Bertz CT molecular complexity index is 839. The predicted octanol–water partition coefficient (Wildman–Crippen LogP) is 1.84. The molecule has 168 valence electrons. The predicted molar refractivity (Wildman–Crippen MR) is 115 cm³/mol. The van der Waals surface area contributed by atoms with E-state index in [2.05, 4.69) is 10.6 Å². The maximum absolute atomic E-state index is 12.8. The van der Waals surface area contributed by atoms with Gasteiger partial charge in [0.25, 0.3) is 5.91 Å². The molecule has 1 atom stereocenters. The summed E-state index contributed by atoms with van der Waals surface area (Å²) in [4.78, 5) is 52.4. The molecule has 3 rings (SSSR count). The number of rotatable bonds is 7. The van der Waals surface area contributed by atoms with Crippen LogP contribution in [0.3, 0.4) is 0 Å². The van der Waals surface area contributed by atoms with Gasteiger partial charge in [-0.15, -0.1) is 0 Å². The van der Waals surface area contributed by atoms with Gasteiger partial charge in [0, 0.05) is 37.4 Å². The number of hydrogen-bond donors (Lipinski definition) is 2. The Balaban J connectivity index is 1.54. The van der Waals surface area contributed by atoms with Gasteiger partial charge in [-0.1, -0.05) is 6.07 Å². The lowest BCUT2D eigenvalue weighted by Gasteiger charge is -2.32. The minimum atomic E-state index is -0.321. The van der Waals surface area contributed by atoms with Crippen molar-refractivity contribution >= 4 is 29.5 Å². The minimum absolute atomic E-state index is 0.0891. The third kappa shape index (κ3) is 6.44. The normalized spacial score (nSPS) is 18.1. The number of benzene rings is 1. The van der Waals surface area contributed by atoms with Gasteiger partial charge in [-0.3, -0.25) is 14.4 Å². The molecule has 1 saturated heterocycles. The van der Waals surface area contributed by atoms with Crippen LogP contribution in [0.15, 0.2) is 24.3 Å². The van der Waals surface area contributed by atoms with Crippen LogP contribution in [0.2, 0.25) is 0 Å². The average Bonchev–Trinajstić information content (AvgIpc) is 3.57. The lowest BCUT2D eigenvalue weighted by atomic mass is 9.98. The van der Waals surface area contributed by atoms with Crippen molar-refractivity contribution in [3.8, 4) is 0 Å². The van der Waals surface area contributed by atoms with Gasteiger partial charge in [-0.25, -0.2) is 4.79 Å². The summed E-state index contributed by atoms with van der Waals surface area (Å²) in [7, 11) is 1.56. The van der Waals surface area contributed by atoms with Crippen LogP contribution < -0.4 is 10.6 Å². The maximum atomic E-state index is 12.8. The molecule has 1 aliphatic carbocycles. The van der Waals surface area contributed by atoms with Crippen LogP contribution in [0.5, 0.6) is 0 Å². The Morgan fingerprint density at radius 3 is 2.68 bits per heavy atom. The third-order valence-electron chi connectivity index (χ3n) is 5.39. The molecule has 1 saturated carbocycles. The molecule has 2 aliphatic rings. The zero-order chi connectivity index (χ0) is 22.4. The van der Waals surface area contributed by atoms with Crippen molar-refractivity contribution in [2.45, 2.75) is 38.6 Å². The van der Waals surface area contributed by atoms with E-state index in [4.69, 9.17) is 4.74 Å². The molecule has 1 aromatic rings. The van der Waals surface area contributed by atoms with Crippen LogP contribution in [-0.4, -0.2) is 72.9 Å². The summed E-state index contributed by atoms with van der Waals surface area (Å²) in [6.45, 7) is 2.86. The van der Waals surface area contributed by atoms with E-state index in [1.165, 1.54) is 4.90 Å². The minimum Gasteiger partial charge on any atom is -0.466 e. The zero-order valence-electron chi connectivity index (χ0n) is 18.1. The number of urea groups is 1. The van der Waals surface area contributed by atoms with E-state index in [1.807, 2.05) is 0 Å². The number of nitrogens with zero attached hydrogens (tertiary/aromatic N) is 2. The molecule has 0 aromatic heterocycles. The first-order chi connectivity index (χ1) is 14.9. The lowest BCUT2D eigenvalue weighted by molar-refractivity contribution is -0.151. The average molecular weight is 431 g/mol. The monoisotopic (exact) mass is 430 g/mol. The highest BCUT2D eigenvalue weighted by Crippen LogP contribution is 2.20. The molecule has 1 heterocycles. The molecule has 9 nitrogen and oxygen atoms in total. The number of piperidine rings is 1. The molecule has 2 N–H and O–H groups in total. The lowest BCUT2D eigenvalue weighted by Crippen LogP contribution is -2.47. The van der Waals surface area contributed by atoms with Gasteiger partial charge in [-0.2, -0.15) is 0 Å². The number of likely N-dealkylation sites (tertiary alicyclic amines) is 1. The maximum Gasteiger partial charge on any atom is 0.319 e. The second-order valence-corrected chi connectivity index (χ2v) is 8.05. The second-order valence-electron chi connectivity index (χ2n) is 8.05. The molecule has 0 spiro atoms. The number of hydrogen-bond acceptors (Lipinski definition) is 5. The van der Waals surface area contributed by atoms with Crippen LogP contribution in [0.4, 0.5) is 10.5 Å². The fourth-order valence-electron chi connectivity index (χ4n) is 3.56. The van der Waals surface area contributed by atoms with E-state index >= 15 is 0 Å². The Kier molecular flexibility index (Phi) is 7.49. The van der Waals surface area contributed by atoms with E-state index in [-0.39, 0.29) is 42.3 Å². The van der Waals surface area contributed by atoms with Crippen molar-refractivity contribution in [1.29, 1.82) is 0 Å². The largest absolute Gasteiger partial charge is 0.466 e. The summed E-state index contributed by atoms with van der Waals surface area (Å²) in [5.41, 5.74) is 0.889. The Hall–Kier alpha value is -3.10. The number of esters is 1.